The number of unbranched alkanes of at least 4 members (excludes halogenated alkanes) is 1. The van der Waals surface area contributed by atoms with Gasteiger partial charge in [0, 0.05) is 24.1 Å². The number of ketones is 1. The number of carbonyl (C=O) groups excluding carboxylic acids is 3. The van der Waals surface area contributed by atoms with Gasteiger partial charge in [-0.2, -0.15) is 0 Å². The first-order valence-corrected chi connectivity index (χ1v) is 21.5. The van der Waals surface area contributed by atoms with E-state index in [2.05, 4.69) is 118 Å². The van der Waals surface area contributed by atoms with Crippen molar-refractivity contribution in [3.63, 3.8) is 0 Å². The van der Waals surface area contributed by atoms with E-state index < -0.39 is 17.9 Å². The van der Waals surface area contributed by atoms with Crippen LogP contribution in [-0.4, -0.2) is 41.3 Å². The Kier molecular flexibility index (Phi) is 21.1. The number of fused-ring (bicyclic) bond motifs is 1. The van der Waals surface area contributed by atoms with Gasteiger partial charge in [0.05, 0.1) is 0 Å². The molecule has 3 N–H and O–H groups in total. The lowest BCUT2D eigenvalue weighted by Gasteiger charge is -2.42. The maximum Gasteiger partial charge on any atom is 0.326 e. The van der Waals surface area contributed by atoms with Crippen molar-refractivity contribution < 1.29 is 24.3 Å². The van der Waals surface area contributed by atoms with Crippen LogP contribution in [0, 0.1) is 0 Å². The van der Waals surface area contributed by atoms with Gasteiger partial charge in [-0.1, -0.05) is 138 Å². The lowest BCUT2D eigenvalue weighted by molar-refractivity contribution is -0.139. The number of rotatable bonds is 25. The molecule has 59 heavy (non-hydrogen) atoms. The number of allylic oxidation sites excluding steroid dienone is 13. The number of hydrogen-bond donors (Lipinski definition) is 3. The molecule has 0 fully saturated rings. The highest BCUT2D eigenvalue weighted by molar-refractivity contribution is 6.07. The molecule has 0 spiro atoms. The number of carboxylic acid groups (broad SMARTS) is 1. The van der Waals surface area contributed by atoms with E-state index in [1.807, 2.05) is 18.2 Å². The van der Waals surface area contributed by atoms with Gasteiger partial charge in [0.2, 0.25) is 5.91 Å². The molecular formula is C52H68N2O5. The summed E-state index contributed by atoms with van der Waals surface area (Å²) in [5.74, 6) is -1.71. The minimum atomic E-state index is -1.11. The average Bonchev–Trinajstić information content (AvgIpc) is 3.21. The normalized spacial score (nSPS) is 15.6. The molecule has 0 aliphatic heterocycles. The van der Waals surface area contributed by atoms with E-state index in [9.17, 15) is 24.3 Å². The summed E-state index contributed by atoms with van der Waals surface area (Å²) in [5.41, 5.74) is 4.37. The van der Waals surface area contributed by atoms with Crippen molar-refractivity contribution in [1.82, 2.24) is 10.6 Å². The molecule has 1 aliphatic carbocycles. The summed E-state index contributed by atoms with van der Waals surface area (Å²) in [7, 11) is 0. The Morgan fingerprint density at radius 3 is 1.76 bits per heavy atom. The Morgan fingerprint density at radius 2 is 1.20 bits per heavy atom. The van der Waals surface area contributed by atoms with Gasteiger partial charge < -0.3 is 15.7 Å². The van der Waals surface area contributed by atoms with Crippen molar-refractivity contribution in [2.24, 2.45) is 0 Å². The maximum atomic E-state index is 13.1. The first-order chi connectivity index (χ1) is 28.3. The van der Waals surface area contributed by atoms with Gasteiger partial charge in [-0.3, -0.25) is 14.4 Å². The number of carbonyl (C=O) groups is 4. The highest BCUT2D eigenvalue weighted by Gasteiger charge is 2.37. The van der Waals surface area contributed by atoms with Gasteiger partial charge in [0.1, 0.15) is 6.04 Å². The van der Waals surface area contributed by atoms with Crippen molar-refractivity contribution in [2.75, 3.05) is 6.54 Å². The molecule has 0 radical (unpaired) electrons. The van der Waals surface area contributed by atoms with Crippen LogP contribution in [0.25, 0.3) is 6.08 Å². The molecule has 7 heteroatoms. The topological polar surface area (TPSA) is 113 Å². The predicted molar refractivity (Wildman–Crippen MR) is 245 cm³/mol. The van der Waals surface area contributed by atoms with Crippen LogP contribution < -0.4 is 10.6 Å². The fraction of sp³-hybridized carbons (Fsp3) is 0.423. The number of amides is 2. The summed E-state index contributed by atoms with van der Waals surface area (Å²) in [6.45, 7) is 11.6. The lowest BCUT2D eigenvalue weighted by Crippen LogP contribution is -2.40. The third-order valence-electron chi connectivity index (χ3n) is 10.7. The predicted octanol–water partition coefficient (Wildman–Crippen LogP) is 11.9. The van der Waals surface area contributed by atoms with E-state index in [0.29, 0.717) is 43.4 Å². The highest BCUT2D eigenvalue weighted by atomic mass is 16.4. The van der Waals surface area contributed by atoms with Crippen LogP contribution in [0.2, 0.25) is 0 Å². The Balaban J connectivity index is 1.28. The van der Waals surface area contributed by atoms with Crippen molar-refractivity contribution in [3.8, 4) is 0 Å². The Morgan fingerprint density at radius 1 is 0.678 bits per heavy atom. The monoisotopic (exact) mass is 801 g/mol. The van der Waals surface area contributed by atoms with Crippen LogP contribution >= 0.6 is 0 Å². The number of aliphatic carboxylic acids is 1. The lowest BCUT2D eigenvalue weighted by atomic mass is 9.63. The Bertz CT molecular complexity index is 1870. The van der Waals surface area contributed by atoms with Gasteiger partial charge >= 0.3 is 5.97 Å². The fourth-order valence-electron chi connectivity index (χ4n) is 6.90. The zero-order chi connectivity index (χ0) is 42.9. The molecule has 2 amide bonds. The molecule has 3 rings (SSSR count). The number of carboxylic acids is 1. The third kappa shape index (κ3) is 18.0. The van der Waals surface area contributed by atoms with E-state index in [1.165, 1.54) is 11.1 Å². The second-order valence-electron chi connectivity index (χ2n) is 16.5. The largest absolute Gasteiger partial charge is 0.480 e. The van der Waals surface area contributed by atoms with Gasteiger partial charge in [-0.25, -0.2) is 4.79 Å². The second kappa shape index (κ2) is 25.9. The van der Waals surface area contributed by atoms with Crippen LogP contribution in [0.15, 0.2) is 121 Å². The minimum absolute atomic E-state index is 0.00986. The van der Waals surface area contributed by atoms with E-state index in [-0.39, 0.29) is 28.9 Å². The van der Waals surface area contributed by atoms with E-state index in [1.54, 1.807) is 36.4 Å². The smallest absolute Gasteiger partial charge is 0.326 e. The molecule has 0 bridgehead atoms. The van der Waals surface area contributed by atoms with Gasteiger partial charge in [-0.05, 0) is 129 Å². The van der Waals surface area contributed by atoms with Gasteiger partial charge in [0.25, 0.3) is 5.91 Å². The summed E-state index contributed by atoms with van der Waals surface area (Å²) < 4.78 is 0. The Hall–Kier alpha value is -5.30. The molecule has 316 valence electrons. The molecule has 2 aromatic rings. The summed E-state index contributed by atoms with van der Waals surface area (Å²) in [5, 5.41) is 15.2. The fourth-order valence-corrected chi connectivity index (χ4v) is 6.90. The van der Waals surface area contributed by atoms with Crippen molar-refractivity contribution in [2.45, 2.75) is 135 Å². The van der Waals surface area contributed by atoms with E-state index in [0.717, 1.165) is 56.9 Å². The molecule has 0 aromatic heterocycles. The van der Waals surface area contributed by atoms with E-state index in [4.69, 9.17) is 0 Å². The molecular weight excluding hydrogens is 733 g/mol. The summed E-state index contributed by atoms with van der Waals surface area (Å²) in [6, 6.07) is 11.7. The van der Waals surface area contributed by atoms with Crippen LogP contribution in [-0.2, 0) is 20.4 Å². The molecule has 1 aliphatic rings. The van der Waals surface area contributed by atoms with Gasteiger partial charge in [0.15, 0.2) is 5.78 Å². The van der Waals surface area contributed by atoms with Crippen LogP contribution in [0.4, 0.5) is 0 Å². The third-order valence-corrected chi connectivity index (χ3v) is 10.7. The summed E-state index contributed by atoms with van der Waals surface area (Å²) in [4.78, 5) is 50.2. The quantitative estimate of drug-likeness (QED) is 0.0401. The molecule has 0 saturated heterocycles. The van der Waals surface area contributed by atoms with Crippen LogP contribution in [0.3, 0.4) is 0 Å². The van der Waals surface area contributed by atoms with Gasteiger partial charge in [-0.15, -0.1) is 0 Å². The summed E-state index contributed by atoms with van der Waals surface area (Å²) >= 11 is 0. The first kappa shape index (κ1) is 48.1. The number of hydrogen-bond acceptors (Lipinski definition) is 4. The highest BCUT2D eigenvalue weighted by Crippen LogP contribution is 2.46. The van der Waals surface area contributed by atoms with Crippen molar-refractivity contribution in [3.05, 3.63) is 149 Å². The molecule has 0 heterocycles. The summed E-state index contributed by atoms with van der Waals surface area (Å²) in [6.07, 6.45) is 39.5. The zero-order valence-electron chi connectivity index (χ0n) is 36.2. The second-order valence-corrected chi connectivity index (χ2v) is 16.5. The number of benzene rings is 2. The SMILES string of the molecule is CCC=CCC=CCC=CCC=CCC=CCC=CCCC(=O)NCCCCC(NC(=O)c1ccc(C=CC(=O)c2ccc3c(c2)C(C)(C)CCC3(C)C)cc1)C(=O)O. The maximum absolute atomic E-state index is 13.1. The Labute approximate surface area is 354 Å². The molecule has 0 saturated carbocycles. The average molecular weight is 801 g/mol. The first-order valence-electron chi connectivity index (χ1n) is 21.5. The molecule has 1 atom stereocenters. The van der Waals surface area contributed by atoms with Crippen LogP contribution in [0.1, 0.15) is 155 Å². The molecule has 2 aromatic carbocycles. The van der Waals surface area contributed by atoms with Crippen molar-refractivity contribution in [1.29, 1.82) is 0 Å². The molecule has 1 unspecified atom stereocenters. The van der Waals surface area contributed by atoms with E-state index >= 15 is 0 Å². The molecule has 7 nitrogen and oxygen atoms in total. The van der Waals surface area contributed by atoms with Crippen LogP contribution in [0.5, 0.6) is 0 Å². The minimum Gasteiger partial charge on any atom is -0.480 e. The number of nitrogens with one attached hydrogen (secondary N) is 2. The standard InChI is InChI=1S/C52H68N2O5/c1-6-7-8-9-10-11-12-13-14-15-16-17-18-19-20-21-22-23-24-28-48(56)53-39-26-25-27-46(50(58)59)54-49(57)42-32-29-41(30-33-42)31-36-47(55)43-34-35-44-45(40-43)52(4,5)38-37-51(44,2)3/h7-8,10-11,13-14,16-17,19-20,22-23,29-36,40,46H,6,9,12,15,18,21,24-28,37-39H2,1-5H3,(H,53,56)(H,54,57)(H,58,59). The van der Waals surface area contributed by atoms with Crippen molar-refractivity contribution >= 4 is 29.6 Å². The zero-order valence-corrected chi connectivity index (χ0v) is 36.2.